The van der Waals surface area contributed by atoms with Crippen molar-refractivity contribution >= 4 is 33.2 Å². The quantitative estimate of drug-likeness (QED) is 0.630. The first-order valence-electron chi connectivity index (χ1n) is 6.50. The van der Waals surface area contributed by atoms with Gasteiger partial charge in [0.15, 0.2) is 0 Å². The molecule has 0 aliphatic rings. The van der Waals surface area contributed by atoms with E-state index < -0.39 is 4.92 Å². The lowest BCUT2D eigenvalue weighted by Gasteiger charge is -2.11. The molecule has 0 heterocycles. The minimum Gasteiger partial charge on any atom is -0.380 e. The van der Waals surface area contributed by atoms with Gasteiger partial charge in [-0.3, -0.25) is 14.9 Å². The zero-order valence-electron chi connectivity index (χ0n) is 11.8. The topological polar surface area (TPSA) is 84.3 Å². The Bertz CT molecular complexity index is 702. The van der Waals surface area contributed by atoms with Crippen LogP contribution in [0.25, 0.3) is 0 Å². The molecule has 2 aromatic carbocycles. The number of hydrogen-bond acceptors (Lipinski definition) is 4. The highest BCUT2D eigenvalue weighted by Gasteiger charge is 2.15. The summed E-state index contributed by atoms with van der Waals surface area (Å²) >= 11 is 3.37. The molecular formula is C15H14BrN3O3. The van der Waals surface area contributed by atoms with Gasteiger partial charge >= 0.3 is 0 Å². The molecule has 0 spiro atoms. The van der Waals surface area contributed by atoms with Gasteiger partial charge < -0.3 is 10.6 Å². The monoisotopic (exact) mass is 363 g/mol. The number of hydrogen-bond donors (Lipinski definition) is 2. The summed E-state index contributed by atoms with van der Waals surface area (Å²) in [5.74, 6) is -0.373. The van der Waals surface area contributed by atoms with E-state index in [0.29, 0.717) is 12.2 Å². The maximum atomic E-state index is 11.9. The normalized spacial score (nSPS) is 10.1. The molecule has 0 aliphatic carbocycles. The number of nitro groups is 1. The lowest BCUT2D eigenvalue weighted by molar-refractivity contribution is -0.384. The van der Waals surface area contributed by atoms with E-state index in [1.165, 1.54) is 19.2 Å². The first kappa shape index (κ1) is 16.0. The van der Waals surface area contributed by atoms with Crippen molar-refractivity contribution < 1.29 is 9.72 Å². The van der Waals surface area contributed by atoms with Crippen molar-refractivity contribution in [2.75, 3.05) is 12.4 Å². The second-order valence-corrected chi connectivity index (χ2v) is 5.46. The third-order valence-corrected chi connectivity index (χ3v) is 3.61. The van der Waals surface area contributed by atoms with Gasteiger partial charge in [0.1, 0.15) is 0 Å². The van der Waals surface area contributed by atoms with E-state index in [-0.39, 0.29) is 17.2 Å². The predicted octanol–water partition coefficient (Wildman–Crippen LogP) is 3.33. The maximum Gasteiger partial charge on any atom is 0.270 e. The molecule has 0 aromatic heterocycles. The number of amides is 1. The largest absolute Gasteiger partial charge is 0.380 e. The molecule has 114 valence electrons. The number of anilines is 1. The summed E-state index contributed by atoms with van der Waals surface area (Å²) in [6.07, 6.45) is 0. The van der Waals surface area contributed by atoms with Crippen LogP contribution >= 0.6 is 15.9 Å². The molecule has 0 bridgehead atoms. The Morgan fingerprint density at radius 2 is 1.91 bits per heavy atom. The summed E-state index contributed by atoms with van der Waals surface area (Å²) in [6, 6.07) is 11.9. The van der Waals surface area contributed by atoms with E-state index in [4.69, 9.17) is 0 Å². The van der Waals surface area contributed by atoms with Crippen LogP contribution < -0.4 is 10.6 Å². The van der Waals surface area contributed by atoms with Gasteiger partial charge in [0.05, 0.1) is 10.5 Å². The number of carbonyl (C=O) groups excluding carboxylic acids is 1. The number of nitro benzene ring substituents is 1. The number of nitrogens with zero attached hydrogens (tertiary/aromatic N) is 1. The van der Waals surface area contributed by atoms with Gasteiger partial charge in [0, 0.05) is 35.9 Å². The van der Waals surface area contributed by atoms with Crippen molar-refractivity contribution in [3.63, 3.8) is 0 Å². The number of halogens is 1. The van der Waals surface area contributed by atoms with E-state index in [9.17, 15) is 14.9 Å². The van der Waals surface area contributed by atoms with Crippen LogP contribution in [0.1, 0.15) is 15.9 Å². The van der Waals surface area contributed by atoms with Crippen LogP contribution in [0.3, 0.4) is 0 Å². The molecule has 0 atom stereocenters. The Kier molecular flexibility index (Phi) is 5.11. The van der Waals surface area contributed by atoms with Gasteiger partial charge in [-0.15, -0.1) is 0 Å². The van der Waals surface area contributed by atoms with Crippen LogP contribution in [0, 0.1) is 10.1 Å². The fourth-order valence-corrected chi connectivity index (χ4v) is 2.19. The predicted molar refractivity (Wildman–Crippen MR) is 88.0 cm³/mol. The highest BCUT2D eigenvalue weighted by atomic mass is 79.9. The van der Waals surface area contributed by atoms with Crippen molar-refractivity contribution in [1.82, 2.24) is 5.32 Å². The smallest absolute Gasteiger partial charge is 0.270 e. The summed E-state index contributed by atoms with van der Waals surface area (Å²) in [6.45, 7) is 0.509. The molecule has 0 radical (unpaired) electrons. The molecule has 7 heteroatoms. The van der Waals surface area contributed by atoms with Crippen LogP contribution in [0.15, 0.2) is 46.9 Å². The van der Waals surface area contributed by atoms with Gasteiger partial charge in [0.2, 0.25) is 0 Å². The highest BCUT2D eigenvalue weighted by molar-refractivity contribution is 9.10. The molecule has 2 rings (SSSR count). The van der Waals surface area contributed by atoms with Crippen LogP contribution in [0.4, 0.5) is 11.4 Å². The van der Waals surface area contributed by atoms with Gasteiger partial charge in [-0.2, -0.15) is 0 Å². The Balaban J connectivity index is 2.23. The fraction of sp³-hybridized carbons (Fsp3) is 0.133. The summed E-state index contributed by atoms with van der Waals surface area (Å²) in [4.78, 5) is 22.2. The Labute approximate surface area is 135 Å². The maximum absolute atomic E-state index is 11.9. The third kappa shape index (κ3) is 3.82. The second kappa shape index (κ2) is 7.04. The molecule has 2 N–H and O–H groups in total. The number of nitrogens with one attached hydrogen (secondary N) is 2. The second-order valence-electron chi connectivity index (χ2n) is 4.55. The molecule has 1 amide bonds. The molecule has 6 nitrogen and oxygen atoms in total. The van der Waals surface area contributed by atoms with E-state index in [1.807, 2.05) is 24.3 Å². The number of benzene rings is 2. The first-order valence-corrected chi connectivity index (χ1v) is 7.29. The van der Waals surface area contributed by atoms with Gasteiger partial charge in [-0.1, -0.05) is 28.1 Å². The van der Waals surface area contributed by atoms with Crippen molar-refractivity contribution in [3.05, 3.63) is 68.2 Å². The lowest BCUT2D eigenvalue weighted by atomic mass is 10.1. The standard InChI is InChI=1S/C15H14BrN3O3/c1-17-15(20)13-8-12(19(21)22)6-7-14(13)18-9-10-2-4-11(16)5-3-10/h2-8,18H,9H2,1H3,(H,17,20). The zero-order valence-corrected chi connectivity index (χ0v) is 13.4. The SMILES string of the molecule is CNC(=O)c1cc([N+](=O)[O-])ccc1NCc1ccc(Br)cc1. The van der Waals surface area contributed by atoms with Gasteiger partial charge in [-0.05, 0) is 23.8 Å². The minimum atomic E-state index is -0.523. The van der Waals surface area contributed by atoms with Crippen molar-refractivity contribution in [3.8, 4) is 0 Å². The minimum absolute atomic E-state index is 0.118. The molecule has 0 saturated carbocycles. The fourth-order valence-electron chi connectivity index (χ4n) is 1.92. The summed E-state index contributed by atoms with van der Waals surface area (Å²) in [5, 5.41) is 16.5. The first-order chi connectivity index (χ1) is 10.5. The molecule has 0 saturated heterocycles. The zero-order chi connectivity index (χ0) is 16.1. The van der Waals surface area contributed by atoms with Crippen LogP contribution in [0.5, 0.6) is 0 Å². The Hall–Kier alpha value is -2.41. The molecule has 0 aliphatic heterocycles. The Morgan fingerprint density at radius 1 is 1.23 bits per heavy atom. The van der Waals surface area contributed by atoms with Crippen molar-refractivity contribution in [2.24, 2.45) is 0 Å². The van der Waals surface area contributed by atoms with E-state index in [2.05, 4.69) is 26.6 Å². The van der Waals surface area contributed by atoms with Crippen LogP contribution in [-0.2, 0) is 6.54 Å². The van der Waals surface area contributed by atoms with Crippen molar-refractivity contribution in [1.29, 1.82) is 0 Å². The molecule has 2 aromatic rings. The van der Waals surface area contributed by atoms with Gasteiger partial charge in [-0.25, -0.2) is 0 Å². The highest BCUT2D eigenvalue weighted by Crippen LogP contribution is 2.23. The van der Waals surface area contributed by atoms with E-state index in [0.717, 1.165) is 10.0 Å². The lowest BCUT2D eigenvalue weighted by Crippen LogP contribution is -2.20. The molecule has 0 unspecified atom stereocenters. The Morgan fingerprint density at radius 3 is 2.50 bits per heavy atom. The number of carbonyl (C=O) groups is 1. The summed E-state index contributed by atoms with van der Waals surface area (Å²) in [7, 11) is 1.49. The number of rotatable bonds is 5. The number of non-ortho nitro benzene ring substituents is 1. The van der Waals surface area contributed by atoms with Crippen molar-refractivity contribution in [2.45, 2.75) is 6.54 Å². The molecular weight excluding hydrogens is 350 g/mol. The third-order valence-electron chi connectivity index (χ3n) is 3.08. The van der Waals surface area contributed by atoms with E-state index in [1.54, 1.807) is 6.07 Å². The summed E-state index contributed by atoms with van der Waals surface area (Å²) in [5.41, 5.74) is 1.71. The molecule has 22 heavy (non-hydrogen) atoms. The average molecular weight is 364 g/mol. The average Bonchev–Trinajstić information content (AvgIpc) is 2.53. The van der Waals surface area contributed by atoms with Crippen LogP contribution in [-0.4, -0.2) is 17.9 Å². The van der Waals surface area contributed by atoms with Gasteiger partial charge in [0.25, 0.3) is 11.6 Å². The molecule has 0 fully saturated rings. The van der Waals surface area contributed by atoms with Crippen LogP contribution in [0.2, 0.25) is 0 Å². The van der Waals surface area contributed by atoms with E-state index >= 15 is 0 Å². The summed E-state index contributed by atoms with van der Waals surface area (Å²) < 4.78 is 0.984.